The molecule has 0 radical (unpaired) electrons. The van der Waals surface area contributed by atoms with Crippen molar-refractivity contribution < 1.29 is 14.4 Å². The van der Waals surface area contributed by atoms with Crippen LogP contribution in [0.15, 0.2) is 60.0 Å². The normalized spacial score (nSPS) is 11.6. The summed E-state index contributed by atoms with van der Waals surface area (Å²) >= 11 is 1.60. The molecule has 0 saturated carbocycles. The molecule has 150 valence electrons. The van der Waals surface area contributed by atoms with E-state index in [2.05, 4.69) is 16.0 Å². The van der Waals surface area contributed by atoms with Gasteiger partial charge < -0.3 is 16.0 Å². The van der Waals surface area contributed by atoms with Gasteiger partial charge in [0.25, 0.3) is 0 Å². The highest BCUT2D eigenvalue weighted by Crippen LogP contribution is 2.20. The van der Waals surface area contributed by atoms with Gasteiger partial charge in [0.1, 0.15) is 0 Å². The van der Waals surface area contributed by atoms with Crippen LogP contribution in [0.5, 0.6) is 0 Å². The molecular formula is C22H23N3O3S. The summed E-state index contributed by atoms with van der Waals surface area (Å²) in [6, 6.07) is 17.7. The van der Waals surface area contributed by atoms with Gasteiger partial charge in [-0.25, -0.2) is 0 Å². The van der Waals surface area contributed by atoms with Crippen molar-refractivity contribution in [1.29, 1.82) is 0 Å². The summed E-state index contributed by atoms with van der Waals surface area (Å²) in [6.45, 7) is 1.99. The first-order valence-corrected chi connectivity index (χ1v) is 10.3. The molecule has 0 aliphatic rings. The van der Waals surface area contributed by atoms with E-state index in [0.717, 1.165) is 21.2 Å². The lowest BCUT2D eigenvalue weighted by molar-refractivity contribution is -0.139. The maximum atomic E-state index is 12.1. The van der Waals surface area contributed by atoms with E-state index >= 15 is 0 Å². The highest BCUT2D eigenvalue weighted by molar-refractivity contribution is 7.09. The molecule has 1 aromatic heterocycles. The van der Waals surface area contributed by atoms with Crippen LogP contribution in [0.4, 0.5) is 0 Å². The fraction of sp³-hybridized carbons (Fsp3) is 0.227. The Balaban J connectivity index is 1.42. The van der Waals surface area contributed by atoms with Gasteiger partial charge >= 0.3 is 11.8 Å². The predicted molar refractivity (Wildman–Crippen MR) is 115 cm³/mol. The van der Waals surface area contributed by atoms with E-state index in [1.54, 1.807) is 11.3 Å². The standard InChI is InChI=1S/C22H23N3O3S/c1-15(17-9-8-16-5-2-3-6-18(16)13-17)25-20(26)14-24-22(28)21(27)23-11-10-19-7-4-12-29-19/h2-9,12-13,15H,10-11,14H2,1H3,(H,23,27)(H,24,28)(H,25,26). The monoisotopic (exact) mass is 409 g/mol. The molecule has 6 nitrogen and oxygen atoms in total. The Morgan fingerprint density at radius 1 is 0.931 bits per heavy atom. The molecule has 0 saturated heterocycles. The number of nitrogens with one attached hydrogen (secondary N) is 3. The molecule has 3 N–H and O–H groups in total. The van der Waals surface area contributed by atoms with Gasteiger partial charge in [0.15, 0.2) is 0 Å². The predicted octanol–water partition coefficient (Wildman–Crippen LogP) is 2.55. The average molecular weight is 410 g/mol. The molecule has 0 bridgehead atoms. The van der Waals surface area contributed by atoms with Crippen LogP contribution in [0.3, 0.4) is 0 Å². The van der Waals surface area contributed by atoms with Crippen LogP contribution in [0, 0.1) is 0 Å². The summed E-state index contributed by atoms with van der Waals surface area (Å²) in [4.78, 5) is 36.9. The number of fused-ring (bicyclic) bond motifs is 1. The van der Waals surface area contributed by atoms with E-state index in [1.165, 1.54) is 0 Å². The fourth-order valence-electron chi connectivity index (χ4n) is 2.93. The molecule has 0 fully saturated rings. The topological polar surface area (TPSA) is 87.3 Å². The van der Waals surface area contributed by atoms with E-state index in [4.69, 9.17) is 0 Å². The van der Waals surface area contributed by atoms with E-state index in [9.17, 15) is 14.4 Å². The Labute approximate surface area is 173 Å². The van der Waals surface area contributed by atoms with Crippen LogP contribution < -0.4 is 16.0 Å². The third-order valence-corrected chi connectivity index (χ3v) is 5.44. The summed E-state index contributed by atoms with van der Waals surface area (Å²) in [6.07, 6.45) is 0.667. The number of amides is 3. The molecule has 3 rings (SSSR count). The van der Waals surface area contributed by atoms with Gasteiger partial charge in [-0.1, -0.05) is 42.5 Å². The summed E-state index contributed by atoms with van der Waals surface area (Å²) in [5.41, 5.74) is 0.967. The van der Waals surface area contributed by atoms with Crippen LogP contribution >= 0.6 is 11.3 Å². The average Bonchev–Trinajstić information content (AvgIpc) is 3.25. The number of benzene rings is 2. The lowest BCUT2D eigenvalue weighted by Gasteiger charge is -2.15. The van der Waals surface area contributed by atoms with E-state index < -0.39 is 11.8 Å². The van der Waals surface area contributed by atoms with Gasteiger partial charge in [-0.3, -0.25) is 14.4 Å². The molecule has 1 unspecified atom stereocenters. The Morgan fingerprint density at radius 2 is 1.69 bits per heavy atom. The zero-order chi connectivity index (χ0) is 20.6. The van der Waals surface area contributed by atoms with Crippen LogP contribution in [0.1, 0.15) is 23.4 Å². The zero-order valence-electron chi connectivity index (χ0n) is 16.1. The Morgan fingerprint density at radius 3 is 2.45 bits per heavy atom. The van der Waals surface area contributed by atoms with Crippen molar-refractivity contribution in [2.24, 2.45) is 0 Å². The maximum Gasteiger partial charge on any atom is 0.309 e. The van der Waals surface area contributed by atoms with Gasteiger partial charge in [0.05, 0.1) is 12.6 Å². The molecule has 3 amide bonds. The summed E-state index contributed by atoms with van der Waals surface area (Å²) in [5, 5.41) is 11.9. The van der Waals surface area contributed by atoms with Crippen molar-refractivity contribution in [2.45, 2.75) is 19.4 Å². The first-order chi connectivity index (χ1) is 14.0. The van der Waals surface area contributed by atoms with Crippen molar-refractivity contribution in [3.05, 3.63) is 70.4 Å². The lowest BCUT2D eigenvalue weighted by atomic mass is 10.0. The summed E-state index contributed by atoms with van der Waals surface area (Å²) < 4.78 is 0. The molecule has 29 heavy (non-hydrogen) atoms. The highest BCUT2D eigenvalue weighted by Gasteiger charge is 2.15. The molecular weight excluding hydrogens is 386 g/mol. The van der Waals surface area contributed by atoms with Gasteiger partial charge in [-0.05, 0) is 47.2 Å². The molecule has 1 heterocycles. The summed E-state index contributed by atoms with van der Waals surface area (Å²) in [5.74, 6) is -1.91. The quantitative estimate of drug-likeness (QED) is 0.524. The van der Waals surface area contributed by atoms with Crippen LogP contribution in [0.25, 0.3) is 10.8 Å². The maximum absolute atomic E-state index is 12.1. The SMILES string of the molecule is CC(NC(=O)CNC(=O)C(=O)NCCc1cccs1)c1ccc2ccccc2c1. The Bertz CT molecular complexity index is 1000. The van der Waals surface area contributed by atoms with E-state index in [1.807, 2.05) is 66.9 Å². The van der Waals surface area contributed by atoms with Gasteiger partial charge in [0.2, 0.25) is 5.91 Å². The van der Waals surface area contributed by atoms with E-state index in [-0.39, 0.29) is 18.5 Å². The van der Waals surface area contributed by atoms with Crippen molar-refractivity contribution in [3.8, 4) is 0 Å². The number of hydrogen-bond acceptors (Lipinski definition) is 4. The van der Waals surface area contributed by atoms with Gasteiger partial charge in [0, 0.05) is 11.4 Å². The minimum atomic E-state index is -0.815. The van der Waals surface area contributed by atoms with E-state index in [0.29, 0.717) is 13.0 Å². The second-order valence-corrected chi connectivity index (χ2v) is 7.70. The number of rotatable bonds is 7. The fourth-order valence-corrected chi connectivity index (χ4v) is 3.64. The van der Waals surface area contributed by atoms with Gasteiger partial charge in [-0.15, -0.1) is 11.3 Å². The second-order valence-electron chi connectivity index (χ2n) is 6.66. The first-order valence-electron chi connectivity index (χ1n) is 9.39. The molecule has 0 spiro atoms. The minimum absolute atomic E-state index is 0.219. The van der Waals surface area contributed by atoms with Crippen molar-refractivity contribution in [2.75, 3.05) is 13.1 Å². The Hall–Kier alpha value is -3.19. The van der Waals surface area contributed by atoms with Crippen LogP contribution in [-0.2, 0) is 20.8 Å². The van der Waals surface area contributed by atoms with Crippen LogP contribution in [-0.4, -0.2) is 30.8 Å². The number of thiophene rings is 1. The Kier molecular flexibility index (Phi) is 6.97. The number of carbonyl (C=O) groups excluding carboxylic acids is 3. The van der Waals surface area contributed by atoms with Crippen molar-refractivity contribution in [3.63, 3.8) is 0 Å². The first kappa shape index (κ1) is 20.5. The molecule has 0 aliphatic carbocycles. The minimum Gasteiger partial charge on any atom is -0.348 e. The molecule has 3 aromatic rings. The smallest absolute Gasteiger partial charge is 0.309 e. The third kappa shape index (κ3) is 5.89. The summed E-state index contributed by atoms with van der Waals surface area (Å²) in [7, 11) is 0. The lowest BCUT2D eigenvalue weighted by Crippen LogP contribution is -2.44. The van der Waals surface area contributed by atoms with Gasteiger partial charge in [-0.2, -0.15) is 0 Å². The number of carbonyl (C=O) groups is 3. The molecule has 1 atom stereocenters. The highest BCUT2D eigenvalue weighted by atomic mass is 32.1. The molecule has 7 heteroatoms. The molecule has 0 aliphatic heterocycles. The molecule has 2 aromatic carbocycles. The van der Waals surface area contributed by atoms with Crippen molar-refractivity contribution >= 4 is 39.8 Å². The second kappa shape index (κ2) is 9.84. The van der Waals surface area contributed by atoms with Crippen molar-refractivity contribution in [1.82, 2.24) is 16.0 Å². The number of hydrogen-bond donors (Lipinski definition) is 3. The third-order valence-electron chi connectivity index (χ3n) is 4.50. The largest absolute Gasteiger partial charge is 0.348 e. The van der Waals surface area contributed by atoms with Crippen LogP contribution in [0.2, 0.25) is 0 Å². The zero-order valence-corrected chi connectivity index (χ0v) is 16.9.